The Hall–Kier alpha value is -2.00. The van der Waals surface area contributed by atoms with Gasteiger partial charge in [0.1, 0.15) is 12.7 Å². The maximum Gasteiger partial charge on any atom is 0.508 e. The molecule has 0 spiro atoms. The van der Waals surface area contributed by atoms with E-state index in [1.165, 1.54) is 4.74 Å². The summed E-state index contributed by atoms with van der Waals surface area (Å²) in [6.45, 7) is -1.25. The smallest absolute Gasteiger partial charge is 0.430 e. The molecule has 0 aromatic heterocycles. The van der Waals surface area contributed by atoms with E-state index in [2.05, 4.69) is 9.47 Å². The maximum atomic E-state index is 13.8. The van der Waals surface area contributed by atoms with Gasteiger partial charge in [0, 0.05) is 0 Å². The van der Waals surface area contributed by atoms with Crippen LogP contribution in [0.1, 0.15) is 6.42 Å². The number of carbonyl (C=O) groups excluding carboxylic acids is 1. The molecule has 5 nitrogen and oxygen atoms in total. The van der Waals surface area contributed by atoms with Crippen LogP contribution in [-0.4, -0.2) is 67.2 Å². The van der Waals surface area contributed by atoms with Crippen LogP contribution in [0.3, 0.4) is 0 Å². The van der Waals surface area contributed by atoms with Gasteiger partial charge in [-0.05, 0) is 0 Å². The summed E-state index contributed by atoms with van der Waals surface area (Å²) >= 11 is 0. The van der Waals surface area contributed by atoms with Crippen LogP contribution in [0.2, 0.25) is 0 Å². The van der Waals surface area contributed by atoms with Crippen LogP contribution in [-0.2, 0) is 18.9 Å². The Bertz CT molecular complexity index is 759. The first-order chi connectivity index (χ1) is 14.6. The summed E-state index contributed by atoms with van der Waals surface area (Å²) in [5, 5.41) is 0. The van der Waals surface area contributed by atoms with Crippen LogP contribution >= 0.6 is 0 Å². The monoisotopic (exact) mass is 552 g/mol. The summed E-state index contributed by atoms with van der Waals surface area (Å²) in [7, 11) is 0. The molecule has 1 heterocycles. The molecule has 34 heavy (non-hydrogen) atoms. The minimum absolute atomic E-state index is 1.25. The van der Waals surface area contributed by atoms with Crippen LogP contribution in [0.25, 0.3) is 0 Å². The zero-order valence-corrected chi connectivity index (χ0v) is 15.0. The predicted molar refractivity (Wildman–Crippen MR) is 63.7 cm³/mol. The Morgan fingerprint density at radius 2 is 1.15 bits per heavy atom. The van der Waals surface area contributed by atoms with Crippen LogP contribution in [0, 0.1) is 0 Å². The molecule has 2 atom stereocenters. The van der Waals surface area contributed by atoms with E-state index in [-0.39, 0.29) is 0 Å². The third kappa shape index (κ3) is 5.30. The molecule has 1 rings (SSSR count). The Morgan fingerprint density at radius 1 is 0.676 bits per heavy atom. The molecule has 22 heteroatoms. The Morgan fingerprint density at radius 3 is 1.50 bits per heavy atom. The number of alkyl halides is 17. The molecule has 0 aromatic rings. The van der Waals surface area contributed by atoms with Crippen LogP contribution in [0.5, 0.6) is 0 Å². The third-order valence-corrected chi connectivity index (χ3v) is 3.55. The number of hydrogen-bond acceptors (Lipinski definition) is 5. The molecule has 1 fully saturated rings. The standard InChI is InChI=1S/C12H5F17O5/c13-5(14,1-3-2-31-4(30)32-3)10(24,25)34-12(28,29)7(17,9(21,22)23)33-11(26,27)6(15,16)8(18,19)20/h3H,1-2H2. The fourth-order valence-corrected chi connectivity index (χ4v) is 1.86. The van der Waals surface area contributed by atoms with Gasteiger partial charge in [0.2, 0.25) is 0 Å². The highest BCUT2D eigenvalue weighted by molar-refractivity contribution is 5.61. The lowest BCUT2D eigenvalue weighted by Crippen LogP contribution is -2.67. The fraction of sp³-hybridized carbons (Fsp3) is 0.917. The molecule has 0 saturated carbocycles. The number of halogens is 17. The first-order valence-electron chi connectivity index (χ1n) is 7.59. The van der Waals surface area contributed by atoms with E-state index >= 15 is 0 Å². The zero-order chi connectivity index (χ0) is 27.4. The van der Waals surface area contributed by atoms with Crippen molar-refractivity contribution in [1.29, 1.82) is 0 Å². The van der Waals surface area contributed by atoms with Gasteiger partial charge in [-0.15, -0.1) is 0 Å². The second kappa shape index (κ2) is 8.29. The van der Waals surface area contributed by atoms with Gasteiger partial charge < -0.3 is 9.47 Å². The van der Waals surface area contributed by atoms with Crippen molar-refractivity contribution < 1.29 is 98.4 Å². The first-order valence-corrected chi connectivity index (χ1v) is 7.59. The van der Waals surface area contributed by atoms with Crippen molar-refractivity contribution in [1.82, 2.24) is 0 Å². The topological polar surface area (TPSA) is 54.0 Å². The van der Waals surface area contributed by atoms with Crippen molar-refractivity contribution in [3.63, 3.8) is 0 Å². The molecule has 0 radical (unpaired) electrons. The molecule has 2 unspecified atom stereocenters. The van der Waals surface area contributed by atoms with Crippen LogP contribution in [0.4, 0.5) is 79.4 Å². The lowest BCUT2D eigenvalue weighted by atomic mass is 10.1. The average Bonchev–Trinajstić information content (AvgIpc) is 2.95. The number of ether oxygens (including phenoxy) is 4. The molecule has 0 aromatic carbocycles. The lowest BCUT2D eigenvalue weighted by molar-refractivity contribution is -0.558. The molecule has 0 aliphatic carbocycles. The van der Waals surface area contributed by atoms with Crippen molar-refractivity contribution in [2.45, 2.75) is 60.9 Å². The average molecular weight is 552 g/mol. The zero-order valence-electron chi connectivity index (χ0n) is 15.0. The molecule has 202 valence electrons. The van der Waals surface area contributed by atoms with E-state index in [0.717, 1.165) is 0 Å². The van der Waals surface area contributed by atoms with Gasteiger partial charge in [-0.3, -0.25) is 4.74 Å². The second-order valence-electron chi connectivity index (χ2n) is 6.13. The van der Waals surface area contributed by atoms with Crippen LogP contribution < -0.4 is 0 Å². The molecule has 1 aliphatic rings. The summed E-state index contributed by atoms with van der Waals surface area (Å²) in [5.74, 6) is -22.0. The Labute approximate surface area is 173 Å². The number of rotatable bonds is 9. The summed E-state index contributed by atoms with van der Waals surface area (Å²) in [5.41, 5.74) is 0. The predicted octanol–water partition coefficient (Wildman–Crippen LogP) is 5.78. The second-order valence-corrected chi connectivity index (χ2v) is 6.13. The van der Waals surface area contributed by atoms with Gasteiger partial charge in [-0.25, -0.2) is 9.53 Å². The third-order valence-electron chi connectivity index (χ3n) is 3.55. The molecule has 0 amide bonds. The van der Waals surface area contributed by atoms with Gasteiger partial charge >= 0.3 is 54.5 Å². The number of hydrogen-bond donors (Lipinski definition) is 0. The molecule has 0 N–H and O–H groups in total. The lowest BCUT2D eigenvalue weighted by Gasteiger charge is -2.39. The summed E-state index contributed by atoms with van der Waals surface area (Å²) in [6.07, 6.45) is -45.0. The summed E-state index contributed by atoms with van der Waals surface area (Å²) in [6, 6.07) is 0. The first kappa shape index (κ1) is 30.0. The molecule has 0 bridgehead atoms. The van der Waals surface area contributed by atoms with Gasteiger partial charge in [0.05, 0.1) is 6.42 Å². The van der Waals surface area contributed by atoms with E-state index in [9.17, 15) is 79.4 Å². The highest BCUT2D eigenvalue weighted by atomic mass is 19.4. The largest absolute Gasteiger partial charge is 0.508 e. The minimum Gasteiger partial charge on any atom is -0.430 e. The van der Waals surface area contributed by atoms with Gasteiger partial charge in [-0.2, -0.15) is 74.6 Å². The van der Waals surface area contributed by atoms with Crippen molar-refractivity contribution in [2.75, 3.05) is 6.61 Å². The highest BCUT2D eigenvalue weighted by Gasteiger charge is 2.85. The van der Waals surface area contributed by atoms with Gasteiger partial charge in [0.15, 0.2) is 0 Å². The van der Waals surface area contributed by atoms with Crippen LogP contribution in [0.15, 0.2) is 0 Å². The fourth-order valence-electron chi connectivity index (χ4n) is 1.86. The Balaban J connectivity index is 3.37. The van der Waals surface area contributed by atoms with Crippen molar-refractivity contribution in [3.8, 4) is 0 Å². The maximum absolute atomic E-state index is 13.8. The minimum atomic E-state index is -8.00. The molecular weight excluding hydrogens is 547 g/mol. The number of carbonyl (C=O) groups is 1. The normalized spacial score (nSPS) is 21.2. The van der Waals surface area contributed by atoms with E-state index < -0.39 is 73.7 Å². The van der Waals surface area contributed by atoms with Crippen molar-refractivity contribution in [3.05, 3.63) is 0 Å². The molecule has 1 saturated heterocycles. The Kier molecular flexibility index (Phi) is 7.33. The van der Waals surface area contributed by atoms with Gasteiger partial charge in [-0.1, -0.05) is 0 Å². The van der Waals surface area contributed by atoms with Crippen molar-refractivity contribution >= 4 is 6.16 Å². The SMILES string of the molecule is O=C1OCC(CC(F)(F)C(F)(F)OC(F)(F)C(F)(OC(F)(F)C(F)(F)C(F)(F)F)C(F)(F)F)O1. The molecule has 1 aliphatic heterocycles. The van der Waals surface area contributed by atoms with E-state index in [0.29, 0.717) is 0 Å². The number of cyclic esters (lactones) is 2. The van der Waals surface area contributed by atoms with E-state index in [1.54, 1.807) is 4.74 Å². The van der Waals surface area contributed by atoms with Gasteiger partial charge in [0.25, 0.3) is 0 Å². The van der Waals surface area contributed by atoms with E-state index in [4.69, 9.17) is 0 Å². The summed E-state index contributed by atoms with van der Waals surface area (Å²) < 4.78 is 231. The summed E-state index contributed by atoms with van der Waals surface area (Å²) in [4.78, 5) is 10.5. The van der Waals surface area contributed by atoms with Crippen molar-refractivity contribution in [2.24, 2.45) is 0 Å². The van der Waals surface area contributed by atoms with E-state index in [1.807, 2.05) is 0 Å². The quantitative estimate of drug-likeness (QED) is 0.268. The highest BCUT2D eigenvalue weighted by Crippen LogP contribution is 2.56. The molecular formula is C12H5F17O5.